The van der Waals surface area contributed by atoms with Gasteiger partial charge in [-0.1, -0.05) is 18.6 Å². The van der Waals surface area contributed by atoms with Crippen molar-refractivity contribution in [1.29, 1.82) is 0 Å². The summed E-state index contributed by atoms with van der Waals surface area (Å²) in [5.41, 5.74) is -2.14. The molecule has 2 aliphatic rings. The van der Waals surface area contributed by atoms with Gasteiger partial charge in [0.25, 0.3) is 0 Å². The molecule has 1 aromatic rings. The number of aliphatic carboxylic acids is 1. The molecule has 136 valence electrons. The lowest BCUT2D eigenvalue weighted by molar-refractivity contribution is -0.158. The third-order valence-corrected chi connectivity index (χ3v) is 5.59. The molecule has 0 unspecified atom stereocenters. The molecule has 0 bridgehead atoms. The van der Waals surface area contributed by atoms with Gasteiger partial charge in [0.05, 0.1) is 16.5 Å². The van der Waals surface area contributed by atoms with E-state index in [1.54, 1.807) is 6.07 Å². The Morgan fingerprint density at radius 1 is 1.12 bits per heavy atom. The zero-order chi connectivity index (χ0) is 18.3. The van der Waals surface area contributed by atoms with E-state index in [0.717, 1.165) is 25.0 Å². The number of carboxylic acids is 1. The molecule has 0 aromatic heterocycles. The third-order valence-electron chi connectivity index (χ3n) is 5.59. The fraction of sp³-hybridized carbons (Fsp3) is 0.556. The number of hydrogen-bond donors (Lipinski definition) is 2. The van der Waals surface area contributed by atoms with Gasteiger partial charge >= 0.3 is 12.1 Å². The van der Waals surface area contributed by atoms with Crippen LogP contribution in [-0.4, -0.2) is 17.0 Å². The Bertz CT molecular complexity index is 691. The van der Waals surface area contributed by atoms with E-state index in [-0.39, 0.29) is 6.42 Å². The topological polar surface area (TPSA) is 66.4 Å². The molecular formula is C18H20F3NO3. The van der Waals surface area contributed by atoms with Crippen molar-refractivity contribution in [2.24, 2.45) is 5.41 Å². The highest BCUT2D eigenvalue weighted by atomic mass is 19.4. The number of alkyl halides is 3. The van der Waals surface area contributed by atoms with E-state index in [4.69, 9.17) is 0 Å². The minimum Gasteiger partial charge on any atom is -0.481 e. The van der Waals surface area contributed by atoms with Crippen LogP contribution in [0.15, 0.2) is 24.3 Å². The summed E-state index contributed by atoms with van der Waals surface area (Å²) in [6, 6.07) is 5.02. The second-order valence-corrected chi connectivity index (χ2v) is 7.18. The van der Waals surface area contributed by atoms with Crippen molar-refractivity contribution in [2.75, 3.05) is 0 Å². The summed E-state index contributed by atoms with van der Waals surface area (Å²) in [5, 5.41) is 12.2. The van der Waals surface area contributed by atoms with Gasteiger partial charge in [0, 0.05) is 6.42 Å². The SMILES string of the molecule is O=C(CC1(C(=O)O)CCC1)NC1(c2cccc(C(F)(F)F)c2)CCC1. The molecule has 2 aliphatic carbocycles. The number of rotatable bonds is 5. The van der Waals surface area contributed by atoms with Crippen LogP contribution in [0.5, 0.6) is 0 Å². The number of carbonyl (C=O) groups excluding carboxylic acids is 1. The Morgan fingerprint density at radius 2 is 1.76 bits per heavy atom. The molecule has 2 N–H and O–H groups in total. The molecule has 7 heteroatoms. The highest BCUT2D eigenvalue weighted by Gasteiger charge is 2.48. The first-order valence-electron chi connectivity index (χ1n) is 8.39. The fourth-order valence-electron chi connectivity index (χ4n) is 3.70. The largest absolute Gasteiger partial charge is 0.481 e. The smallest absolute Gasteiger partial charge is 0.416 e. The van der Waals surface area contributed by atoms with Crippen LogP contribution in [0.1, 0.15) is 56.1 Å². The van der Waals surface area contributed by atoms with E-state index < -0.39 is 34.6 Å². The normalized spacial score (nSPS) is 20.9. The van der Waals surface area contributed by atoms with Crippen molar-refractivity contribution >= 4 is 11.9 Å². The van der Waals surface area contributed by atoms with Crippen LogP contribution in [0, 0.1) is 5.41 Å². The molecule has 2 saturated carbocycles. The van der Waals surface area contributed by atoms with Crippen LogP contribution in [0.4, 0.5) is 13.2 Å². The van der Waals surface area contributed by atoms with Gasteiger partial charge in [-0.3, -0.25) is 9.59 Å². The van der Waals surface area contributed by atoms with Gasteiger partial charge in [0.15, 0.2) is 0 Å². The first-order chi connectivity index (χ1) is 11.7. The Labute approximate surface area is 143 Å². The third kappa shape index (κ3) is 3.24. The van der Waals surface area contributed by atoms with Crippen molar-refractivity contribution in [3.8, 4) is 0 Å². The molecular weight excluding hydrogens is 335 g/mol. The summed E-state index contributed by atoms with van der Waals surface area (Å²) in [6.45, 7) is 0. The van der Waals surface area contributed by atoms with Crippen molar-refractivity contribution in [2.45, 2.75) is 56.7 Å². The molecule has 3 rings (SSSR count). The molecule has 0 saturated heterocycles. The predicted octanol–water partition coefficient (Wildman–Crippen LogP) is 3.85. The number of halogens is 3. The number of benzene rings is 1. The first kappa shape index (κ1) is 17.8. The van der Waals surface area contributed by atoms with Gasteiger partial charge < -0.3 is 10.4 Å². The molecule has 25 heavy (non-hydrogen) atoms. The molecule has 0 atom stereocenters. The van der Waals surface area contributed by atoms with E-state index >= 15 is 0 Å². The molecule has 1 amide bonds. The molecule has 2 fully saturated rings. The number of amides is 1. The van der Waals surface area contributed by atoms with E-state index in [0.29, 0.717) is 31.2 Å². The van der Waals surface area contributed by atoms with Crippen LogP contribution >= 0.6 is 0 Å². The van der Waals surface area contributed by atoms with Crippen molar-refractivity contribution < 1.29 is 27.9 Å². The number of carbonyl (C=O) groups is 2. The Balaban J connectivity index is 1.78. The van der Waals surface area contributed by atoms with Crippen LogP contribution in [-0.2, 0) is 21.3 Å². The van der Waals surface area contributed by atoms with Crippen molar-refractivity contribution in [1.82, 2.24) is 5.32 Å². The van der Waals surface area contributed by atoms with Crippen LogP contribution < -0.4 is 5.32 Å². The van der Waals surface area contributed by atoms with E-state index in [1.807, 2.05) is 0 Å². The van der Waals surface area contributed by atoms with Crippen LogP contribution in [0.25, 0.3) is 0 Å². The quantitative estimate of drug-likeness (QED) is 0.843. The van der Waals surface area contributed by atoms with Gasteiger partial charge in [0.2, 0.25) is 5.91 Å². The highest BCUT2D eigenvalue weighted by molar-refractivity contribution is 5.86. The van der Waals surface area contributed by atoms with Gasteiger partial charge in [-0.15, -0.1) is 0 Å². The first-order valence-corrected chi connectivity index (χ1v) is 8.39. The second-order valence-electron chi connectivity index (χ2n) is 7.18. The van der Waals surface area contributed by atoms with Gasteiger partial charge in [-0.05, 0) is 49.8 Å². The molecule has 0 spiro atoms. The summed E-state index contributed by atoms with van der Waals surface area (Å²) < 4.78 is 38.9. The molecule has 0 aliphatic heterocycles. The monoisotopic (exact) mass is 355 g/mol. The summed E-state index contributed by atoms with van der Waals surface area (Å²) in [5.74, 6) is -1.38. The average molecular weight is 355 g/mol. The maximum atomic E-state index is 13.0. The minimum atomic E-state index is -4.44. The molecule has 4 nitrogen and oxygen atoms in total. The molecule has 0 heterocycles. The summed E-state index contributed by atoms with van der Waals surface area (Å²) in [7, 11) is 0. The highest BCUT2D eigenvalue weighted by Crippen LogP contribution is 2.46. The maximum absolute atomic E-state index is 13.0. The fourth-order valence-corrected chi connectivity index (χ4v) is 3.70. The summed E-state index contributed by atoms with van der Waals surface area (Å²) in [6.07, 6.45) is -0.939. The Morgan fingerprint density at radius 3 is 2.20 bits per heavy atom. The average Bonchev–Trinajstić information content (AvgIpc) is 2.45. The van der Waals surface area contributed by atoms with Gasteiger partial charge in [-0.25, -0.2) is 0 Å². The number of carboxylic acid groups (broad SMARTS) is 1. The zero-order valence-corrected chi connectivity index (χ0v) is 13.7. The Hall–Kier alpha value is -2.05. The van der Waals surface area contributed by atoms with E-state index in [2.05, 4.69) is 5.32 Å². The number of nitrogens with one attached hydrogen (secondary N) is 1. The lowest BCUT2D eigenvalue weighted by Gasteiger charge is -2.45. The molecule has 1 aromatic carbocycles. The minimum absolute atomic E-state index is 0.122. The molecule has 0 radical (unpaired) electrons. The summed E-state index contributed by atoms with van der Waals surface area (Å²) >= 11 is 0. The van der Waals surface area contributed by atoms with E-state index in [1.165, 1.54) is 6.07 Å². The number of hydrogen-bond acceptors (Lipinski definition) is 2. The second kappa shape index (κ2) is 6.04. The lowest BCUT2D eigenvalue weighted by Crippen LogP contribution is -2.53. The lowest BCUT2D eigenvalue weighted by atomic mass is 9.66. The zero-order valence-electron chi connectivity index (χ0n) is 13.7. The summed E-state index contributed by atoms with van der Waals surface area (Å²) in [4.78, 5) is 23.8. The standard InChI is InChI=1S/C18H20F3NO3/c19-18(20,21)13-5-1-4-12(10-13)17(8-3-9-17)22-14(23)11-16(15(24)25)6-2-7-16/h1,4-5,10H,2-3,6-9,11H2,(H,22,23)(H,24,25). The Kier molecular flexibility index (Phi) is 4.29. The van der Waals surface area contributed by atoms with Crippen LogP contribution in [0.2, 0.25) is 0 Å². The van der Waals surface area contributed by atoms with E-state index in [9.17, 15) is 27.9 Å². The van der Waals surface area contributed by atoms with Gasteiger partial charge in [-0.2, -0.15) is 13.2 Å². The maximum Gasteiger partial charge on any atom is 0.416 e. The predicted molar refractivity (Wildman–Crippen MR) is 83.7 cm³/mol. The van der Waals surface area contributed by atoms with Gasteiger partial charge in [0.1, 0.15) is 0 Å². The van der Waals surface area contributed by atoms with Crippen molar-refractivity contribution in [3.05, 3.63) is 35.4 Å². The van der Waals surface area contributed by atoms with Crippen molar-refractivity contribution in [3.63, 3.8) is 0 Å². The van der Waals surface area contributed by atoms with Crippen LogP contribution in [0.3, 0.4) is 0 Å².